The molecule has 1 rings (SSSR count). The van der Waals surface area contributed by atoms with Gasteiger partial charge in [0.15, 0.2) is 0 Å². The van der Waals surface area contributed by atoms with Gasteiger partial charge in [0.25, 0.3) is 0 Å². The van der Waals surface area contributed by atoms with Crippen LogP contribution in [0.3, 0.4) is 0 Å². The lowest BCUT2D eigenvalue weighted by Gasteiger charge is -2.33. The van der Waals surface area contributed by atoms with E-state index in [1.165, 1.54) is 0 Å². The van der Waals surface area contributed by atoms with Gasteiger partial charge in [-0.05, 0) is 39.5 Å². The third-order valence-electron chi connectivity index (χ3n) is 3.15. The smallest absolute Gasteiger partial charge is 0.410 e. The van der Waals surface area contributed by atoms with Crippen molar-refractivity contribution >= 4 is 6.09 Å². The van der Waals surface area contributed by atoms with Crippen LogP contribution in [0.15, 0.2) is 0 Å². The summed E-state index contributed by atoms with van der Waals surface area (Å²) in [6.07, 6.45) is -3.96. The van der Waals surface area contributed by atoms with Crippen LogP contribution in [0.2, 0.25) is 0 Å². The Morgan fingerprint density at radius 3 is 2.24 bits per heavy atom. The topological polar surface area (TPSA) is 38.8 Å². The van der Waals surface area contributed by atoms with Crippen molar-refractivity contribution in [2.24, 2.45) is 5.92 Å². The molecule has 1 heterocycles. The number of hydrogen-bond acceptors (Lipinski definition) is 3. The number of halogens is 3. The molecule has 0 aromatic rings. The van der Waals surface area contributed by atoms with Gasteiger partial charge in [-0.2, -0.15) is 13.2 Å². The number of ether oxygens (including phenoxy) is 2. The molecule has 0 aromatic heterocycles. The minimum atomic E-state index is -4.17. The summed E-state index contributed by atoms with van der Waals surface area (Å²) in [7, 11) is 0. The summed E-state index contributed by atoms with van der Waals surface area (Å²) in [5.41, 5.74) is -0.519. The number of hydrogen-bond donors (Lipinski definition) is 0. The Labute approximate surface area is 123 Å². The Bertz CT molecular complexity index is 331. The van der Waals surface area contributed by atoms with E-state index >= 15 is 0 Å². The van der Waals surface area contributed by atoms with Crippen molar-refractivity contribution < 1.29 is 27.4 Å². The first-order valence-corrected chi connectivity index (χ1v) is 7.19. The third kappa shape index (κ3) is 8.14. The first-order chi connectivity index (χ1) is 9.57. The Kier molecular flexibility index (Phi) is 6.31. The number of alkyl halides is 3. The lowest BCUT2D eigenvalue weighted by molar-refractivity contribution is -0.146. The molecule has 0 bridgehead atoms. The van der Waals surface area contributed by atoms with Gasteiger partial charge in [-0.3, -0.25) is 0 Å². The van der Waals surface area contributed by atoms with Crippen LogP contribution >= 0.6 is 0 Å². The van der Waals surface area contributed by atoms with E-state index < -0.39 is 18.2 Å². The van der Waals surface area contributed by atoms with E-state index in [9.17, 15) is 18.0 Å². The SMILES string of the molecule is CC(C)(C)OC(=O)N1CCC(COCCC(F)(F)F)CC1. The van der Waals surface area contributed by atoms with Crippen molar-refractivity contribution in [2.75, 3.05) is 26.3 Å². The highest BCUT2D eigenvalue weighted by molar-refractivity contribution is 5.68. The number of nitrogens with zero attached hydrogens (tertiary/aromatic N) is 1. The average molecular weight is 311 g/mol. The van der Waals surface area contributed by atoms with Crippen molar-refractivity contribution in [3.8, 4) is 0 Å². The van der Waals surface area contributed by atoms with Gasteiger partial charge in [-0.15, -0.1) is 0 Å². The minimum Gasteiger partial charge on any atom is -0.444 e. The lowest BCUT2D eigenvalue weighted by Crippen LogP contribution is -2.42. The highest BCUT2D eigenvalue weighted by Gasteiger charge is 2.28. The van der Waals surface area contributed by atoms with Crippen LogP contribution < -0.4 is 0 Å². The molecule has 0 saturated carbocycles. The standard InChI is InChI=1S/C14H24F3NO3/c1-13(2,3)21-12(19)18-7-4-11(5-8-18)10-20-9-6-14(15,16)17/h11H,4-10H2,1-3H3. The molecule has 1 fully saturated rings. The number of carbonyl (C=O) groups excluding carboxylic acids is 1. The largest absolute Gasteiger partial charge is 0.444 e. The average Bonchev–Trinajstić information content (AvgIpc) is 2.32. The first-order valence-electron chi connectivity index (χ1n) is 7.19. The molecule has 0 atom stereocenters. The predicted octanol–water partition coefficient (Wildman–Crippen LogP) is 3.60. The number of rotatable bonds is 4. The zero-order chi connectivity index (χ0) is 16.1. The van der Waals surface area contributed by atoms with Gasteiger partial charge in [-0.1, -0.05) is 0 Å². The molecule has 0 N–H and O–H groups in total. The third-order valence-corrected chi connectivity index (χ3v) is 3.15. The summed E-state index contributed by atoms with van der Waals surface area (Å²) in [6.45, 7) is 6.57. The number of amides is 1. The highest BCUT2D eigenvalue weighted by atomic mass is 19.4. The Hall–Kier alpha value is -0.980. The fourth-order valence-corrected chi connectivity index (χ4v) is 2.05. The molecule has 0 aliphatic carbocycles. The van der Waals surface area contributed by atoms with E-state index in [1.807, 2.05) is 20.8 Å². The Balaban J connectivity index is 2.19. The number of piperidine rings is 1. The monoisotopic (exact) mass is 311 g/mol. The molecule has 124 valence electrons. The second kappa shape index (κ2) is 7.33. The summed E-state index contributed by atoms with van der Waals surface area (Å²) in [6, 6.07) is 0. The van der Waals surface area contributed by atoms with Crippen LogP contribution in [0.25, 0.3) is 0 Å². The van der Waals surface area contributed by atoms with Crippen molar-refractivity contribution in [2.45, 2.75) is 51.8 Å². The lowest BCUT2D eigenvalue weighted by atomic mass is 9.98. The molecule has 4 nitrogen and oxygen atoms in total. The maximum Gasteiger partial charge on any atom is 0.410 e. The fourth-order valence-electron chi connectivity index (χ4n) is 2.05. The molecular formula is C14H24F3NO3. The van der Waals surface area contributed by atoms with Crippen molar-refractivity contribution in [3.05, 3.63) is 0 Å². The van der Waals surface area contributed by atoms with Crippen molar-refractivity contribution in [3.63, 3.8) is 0 Å². The van der Waals surface area contributed by atoms with Crippen molar-refractivity contribution in [1.82, 2.24) is 4.90 Å². The summed E-state index contributed by atoms with van der Waals surface area (Å²) in [5, 5.41) is 0. The zero-order valence-electron chi connectivity index (χ0n) is 12.8. The highest BCUT2D eigenvalue weighted by Crippen LogP contribution is 2.22. The summed E-state index contributed by atoms with van der Waals surface area (Å²) in [5.74, 6) is 0.205. The van der Waals surface area contributed by atoms with E-state index in [4.69, 9.17) is 9.47 Å². The molecule has 1 amide bonds. The van der Waals surface area contributed by atoms with E-state index in [1.54, 1.807) is 4.90 Å². The second-order valence-electron chi connectivity index (χ2n) is 6.35. The maximum atomic E-state index is 12.0. The van der Waals surface area contributed by atoms with E-state index in [0.717, 1.165) is 12.8 Å². The number of carbonyl (C=O) groups is 1. The quantitative estimate of drug-likeness (QED) is 0.745. The van der Waals surface area contributed by atoms with E-state index in [2.05, 4.69) is 0 Å². The Morgan fingerprint density at radius 1 is 1.19 bits per heavy atom. The van der Waals surface area contributed by atoms with Crippen LogP contribution in [0, 0.1) is 5.92 Å². The maximum absolute atomic E-state index is 12.0. The molecule has 7 heteroatoms. The second-order valence-corrected chi connectivity index (χ2v) is 6.35. The van der Waals surface area contributed by atoms with Gasteiger partial charge in [0.05, 0.1) is 13.0 Å². The molecule has 0 aromatic carbocycles. The van der Waals surface area contributed by atoms with Crippen LogP contribution in [-0.2, 0) is 9.47 Å². The molecule has 21 heavy (non-hydrogen) atoms. The fraction of sp³-hybridized carbons (Fsp3) is 0.929. The van der Waals surface area contributed by atoms with Crippen LogP contribution in [-0.4, -0.2) is 49.1 Å². The van der Waals surface area contributed by atoms with Crippen LogP contribution in [0.4, 0.5) is 18.0 Å². The molecule has 1 saturated heterocycles. The van der Waals surface area contributed by atoms with Gasteiger partial charge in [0.1, 0.15) is 5.60 Å². The molecular weight excluding hydrogens is 287 g/mol. The van der Waals surface area contributed by atoms with Gasteiger partial charge in [0, 0.05) is 19.7 Å². The van der Waals surface area contributed by atoms with Gasteiger partial charge >= 0.3 is 12.3 Å². The molecule has 1 aliphatic rings. The molecule has 0 spiro atoms. The molecule has 1 aliphatic heterocycles. The normalized spacial score (nSPS) is 17.9. The summed E-state index contributed by atoms with van der Waals surface area (Å²) in [4.78, 5) is 13.5. The van der Waals surface area contributed by atoms with Gasteiger partial charge < -0.3 is 14.4 Å². The van der Waals surface area contributed by atoms with E-state index in [-0.39, 0.29) is 18.6 Å². The zero-order valence-corrected chi connectivity index (χ0v) is 12.8. The number of likely N-dealkylation sites (tertiary alicyclic amines) is 1. The Morgan fingerprint density at radius 2 is 1.76 bits per heavy atom. The summed E-state index contributed by atoms with van der Waals surface area (Å²) >= 11 is 0. The van der Waals surface area contributed by atoms with Crippen molar-refractivity contribution in [1.29, 1.82) is 0 Å². The predicted molar refractivity (Wildman–Crippen MR) is 72.0 cm³/mol. The van der Waals surface area contributed by atoms with Gasteiger partial charge in [-0.25, -0.2) is 4.79 Å². The first kappa shape index (κ1) is 18.1. The molecule has 0 unspecified atom stereocenters. The van der Waals surface area contributed by atoms with Crippen LogP contribution in [0.1, 0.15) is 40.0 Å². The minimum absolute atomic E-state index is 0.205. The van der Waals surface area contributed by atoms with E-state index in [0.29, 0.717) is 19.7 Å². The molecule has 0 radical (unpaired) electrons. The van der Waals surface area contributed by atoms with Gasteiger partial charge in [0.2, 0.25) is 0 Å². The summed E-state index contributed by atoms with van der Waals surface area (Å²) < 4.78 is 46.2. The van der Waals surface area contributed by atoms with Crippen LogP contribution in [0.5, 0.6) is 0 Å².